The van der Waals surface area contributed by atoms with E-state index in [0.717, 1.165) is 36.4 Å². The molecule has 1 aliphatic carbocycles. The molecular formula is C18H21NO2S. The smallest absolute Gasteiger partial charge is 0.341 e. The van der Waals surface area contributed by atoms with Crippen LogP contribution >= 0.6 is 11.3 Å². The Morgan fingerprint density at radius 2 is 2.14 bits per heavy atom. The first-order chi connectivity index (χ1) is 10.7. The summed E-state index contributed by atoms with van der Waals surface area (Å²) < 4.78 is 5.26. The molecule has 1 aromatic carbocycles. The average molecular weight is 315 g/mol. The van der Waals surface area contributed by atoms with Crippen LogP contribution in [0.1, 0.15) is 45.3 Å². The Hall–Kier alpha value is -1.81. The van der Waals surface area contributed by atoms with Gasteiger partial charge in [-0.05, 0) is 49.8 Å². The van der Waals surface area contributed by atoms with Crippen molar-refractivity contribution < 1.29 is 9.53 Å². The molecular weight excluding hydrogens is 294 g/mol. The fourth-order valence-electron chi connectivity index (χ4n) is 2.93. The summed E-state index contributed by atoms with van der Waals surface area (Å²) in [4.78, 5) is 13.7. The Labute approximate surface area is 135 Å². The lowest BCUT2D eigenvalue weighted by atomic mass is 10.1. The summed E-state index contributed by atoms with van der Waals surface area (Å²) in [6.45, 7) is 5.11. The first kappa shape index (κ1) is 15.1. The van der Waals surface area contributed by atoms with Crippen molar-refractivity contribution in [3.05, 3.63) is 51.4 Å². The van der Waals surface area contributed by atoms with E-state index in [9.17, 15) is 4.79 Å². The van der Waals surface area contributed by atoms with Crippen LogP contribution in [0.15, 0.2) is 24.3 Å². The first-order valence-electron chi connectivity index (χ1n) is 7.80. The van der Waals surface area contributed by atoms with Gasteiger partial charge < -0.3 is 10.1 Å². The Bertz CT molecular complexity index is 690. The second kappa shape index (κ2) is 6.53. The lowest BCUT2D eigenvalue weighted by Gasteiger charge is -2.10. The van der Waals surface area contributed by atoms with Gasteiger partial charge in [-0.2, -0.15) is 0 Å². The van der Waals surface area contributed by atoms with E-state index < -0.39 is 0 Å². The number of esters is 1. The molecule has 0 spiro atoms. The van der Waals surface area contributed by atoms with Crippen molar-refractivity contribution in [2.75, 3.05) is 11.9 Å². The minimum absolute atomic E-state index is 0.186. The van der Waals surface area contributed by atoms with Crippen LogP contribution in [0.2, 0.25) is 0 Å². The maximum absolute atomic E-state index is 12.3. The molecule has 0 unspecified atom stereocenters. The van der Waals surface area contributed by atoms with Crippen LogP contribution in [0.5, 0.6) is 0 Å². The predicted molar refractivity (Wildman–Crippen MR) is 90.8 cm³/mol. The average Bonchev–Trinajstić information content (AvgIpc) is 3.06. The van der Waals surface area contributed by atoms with Crippen molar-refractivity contribution in [1.29, 1.82) is 0 Å². The summed E-state index contributed by atoms with van der Waals surface area (Å²) in [6.07, 6.45) is 3.22. The Morgan fingerprint density at radius 3 is 2.91 bits per heavy atom. The van der Waals surface area contributed by atoms with E-state index in [2.05, 4.69) is 24.4 Å². The van der Waals surface area contributed by atoms with E-state index in [4.69, 9.17) is 4.74 Å². The van der Waals surface area contributed by atoms with Gasteiger partial charge in [-0.15, -0.1) is 11.3 Å². The topological polar surface area (TPSA) is 38.3 Å². The normalized spacial score (nSPS) is 13.0. The fourth-order valence-corrected chi connectivity index (χ4v) is 4.20. The van der Waals surface area contributed by atoms with Gasteiger partial charge in [-0.25, -0.2) is 4.79 Å². The molecule has 0 atom stereocenters. The van der Waals surface area contributed by atoms with Crippen molar-refractivity contribution in [3.8, 4) is 0 Å². The van der Waals surface area contributed by atoms with Crippen LogP contribution in [0.3, 0.4) is 0 Å². The van der Waals surface area contributed by atoms with E-state index in [0.29, 0.717) is 6.61 Å². The summed E-state index contributed by atoms with van der Waals surface area (Å²) in [6, 6.07) is 8.32. The molecule has 3 nitrogen and oxygen atoms in total. The van der Waals surface area contributed by atoms with Crippen LogP contribution < -0.4 is 5.32 Å². The highest BCUT2D eigenvalue weighted by Gasteiger charge is 2.27. The van der Waals surface area contributed by atoms with Crippen molar-refractivity contribution >= 4 is 22.3 Å². The number of hydrogen-bond donors (Lipinski definition) is 1. The summed E-state index contributed by atoms with van der Waals surface area (Å²) in [5, 5.41) is 4.42. The first-order valence-corrected chi connectivity index (χ1v) is 8.62. The third kappa shape index (κ3) is 2.88. The SMILES string of the molecule is CCOC(=O)c1c(NCc2ccccc2C)sc2c1CCC2. The van der Waals surface area contributed by atoms with Crippen molar-refractivity contribution in [2.45, 2.75) is 39.7 Å². The number of carbonyl (C=O) groups excluding carboxylic acids is 1. The summed E-state index contributed by atoms with van der Waals surface area (Å²) >= 11 is 1.72. The zero-order chi connectivity index (χ0) is 15.5. The molecule has 0 radical (unpaired) electrons. The molecule has 1 N–H and O–H groups in total. The standard InChI is InChI=1S/C18H21NO2S/c1-3-21-18(20)16-14-9-6-10-15(14)22-17(16)19-11-13-8-5-4-7-12(13)2/h4-5,7-8,19H,3,6,9-11H2,1-2H3. The predicted octanol–water partition coefficient (Wildman–Crippen LogP) is 4.33. The highest BCUT2D eigenvalue weighted by molar-refractivity contribution is 7.16. The van der Waals surface area contributed by atoms with Crippen LogP contribution in [-0.2, 0) is 24.1 Å². The molecule has 1 aromatic heterocycles. The Balaban J connectivity index is 1.84. The van der Waals surface area contributed by atoms with Crippen LogP contribution in [0.25, 0.3) is 0 Å². The maximum atomic E-state index is 12.3. The summed E-state index contributed by atoms with van der Waals surface area (Å²) in [5.74, 6) is -0.186. The van der Waals surface area contributed by atoms with Crippen LogP contribution in [0, 0.1) is 6.92 Å². The number of aryl methyl sites for hydroxylation is 2. The van der Waals surface area contributed by atoms with E-state index in [1.54, 1.807) is 11.3 Å². The maximum Gasteiger partial charge on any atom is 0.341 e. The number of rotatable bonds is 5. The number of nitrogens with one attached hydrogen (secondary N) is 1. The van der Waals surface area contributed by atoms with Gasteiger partial charge in [0.15, 0.2) is 0 Å². The van der Waals surface area contributed by atoms with Gasteiger partial charge in [-0.3, -0.25) is 0 Å². The Morgan fingerprint density at radius 1 is 1.32 bits per heavy atom. The fraction of sp³-hybridized carbons (Fsp3) is 0.389. The van der Waals surface area contributed by atoms with Gasteiger partial charge in [-0.1, -0.05) is 24.3 Å². The molecule has 4 heteroatoms. The molecule has 2 aromatic rings. The number of fused-ring (bicyclic) bond motifs is 1. The molecule has 1 heterocycles. The minimum atomic E-state index is -0.186. The second-order valence-corrected chi connectivity index (χ2v) is 6.67. The molecule has 0 saturated carbocycles. The number of ether oxygens (including phenoxy) is 1. The van der Waals surface area contributed by atoms with E-state index in [-0.39, 0.29) is 5.97 Å². The third-order valence-corrected chi connectivity index (χ3v) is 5.35. The number of carbonyl (C=O) groups is 1. The van der Waals surface area contributed by atoms with Gasteiger partial charge in [0.25, 0.3) is 0 Å². The Kier molecular flexibility index (Phi) is 4.48. The third-order valence-electron chi connectivity index (χ3n) is 4.10. The van der Waals surface area contributed by atoms with Gasteiger partial charge in [0.05, 0.1) is 12.2 Å². The van der Waals surface area contributed by atoms with Gasteiger partial charge >= 0.3 is 5.97 Å². The lowest BCUT2D eigenvalue weighted by Crippen LogP contribution is -2.10. The van der Waals surface area contributed by atoms with E-state index >= 15 is 0 Å². The minimum Gasteiger partial charge on any atom is -0.462 e. The monoisotopic (exact) mass is 315 g/mol. The largest absolute Gasteiger partial charge is 0.462 e. The highest BCUT2D eigenvalue weighted by Crippen LogP contribution is 2.39. The van der Waals surface area contributed by atoms with E-state index in [1.807, 2.05) is 19.1 Å². The quantitative estimate of drug-likeness (QED) is 0.834. The van der Waals surface area contributed by atoms with Gasteiger partial charge in [0, 0.05) is 11.4 Å². The molecule has 1 aliphatic rings. The lowest BCUT2D eigenvalue weighted by molar-refractivity contribution is 0.0527. The van der Waals surface area contributed by atoms with Crippen molar-refractivity contribution in [3.63, 3.8) is 0 Å². The summed E-state index contributed by atoms with van der Waals surface area (Å²) in [7, 11) is 0. The van der Waals surface area contributed by atoms with E-state index in [1.165, 1.54) is 21.6 Å². The van der Waals surface area contributed by atoms with Crippen molar-refractivity contribution in [2.24, 2.45) is 0 Å². The molecule has 22 heavy (non-hydrogen) atoms. The number of benzene rings is 1. The molecule has 0 fully saturated rings. The highest BCUT2D eigenvalue weighted by atomic mass is 32.1. The number of hydrogen-bond acceptors (Lipinski definition) is 4. The zero-order valence-corrected chi connectivity index (χ0v) is 13.9. The molecule has 0 bridgehead atoms. The number of thiophene rings is 1. The molecule has 0 amide bonds. The molecule has 0 saturated heterocycles. The molecule has 116 valence electrons. The molecule has 3 rings (SSSR count). The van der Waals surface area contributed by atoms with Gasteiger partial charge in [0.1, 0.15) is 5.00 Å². The summed E-state index contributed by atoms with van der Waals surface area (Å²) in [5.41, 5.74) is 4.49. The van der Waals surface area contributed by atoms with Crippen molar-refractivity contribution in [1.82, 2.24) is 0 Å². The van der Waals surface area contributed by atoms with Crippen LogP contribution in [0.4, 0.5) is 5.00 Å². The van der Waals surface area contributed by atoms with Crippen LogP contribution in [-0.4, -0.2) is 12.6 Å². The van der Waals surface area contributed by atoms with Gasteiger partial charge in [0.2, 0.25) is 0 Å². The zero-order valence-electron chi connectivity index (χ0n) is 13.1. The second-order valence-electron chi connectivity index (χ2n) is 5.56. The molecule has 0 aliphatic heterocycles. The number of anilines is 1.